The van der Waals surface area contributed by atoms with Crippen molar-refractivity contribution in [2.75, 3.05) is 6.26 Å². The Balaban J connectivity index is 2.49. The van der Waals surface area contributed by atoms with Crippen LogP contribution in [0.1, 0.15) is 0 Å². The molecule has 2 heteroatoms. The molecule has 76 valence electrons. The van der Waals surface area contributed by atoms with Gasteiger partial charge in [-0.25, -0.2) is 0 Å². The van der Waals surface area contributed by atoms with Crippen LogP contribution in [0.3, 0.4) is 0 Å². The van der Waals surface area contributed by atoms with Gasteiger partial charge in [-0.15, -0.1) is 11.8 Å². The average Bonchev–Trinajstić information content (AvgIpc) is 2.30. The molecule has 0 unspecified atom stereocenters. The maximum atomic E-state index is 3.45. The molecule has 0 aliphatic heterocycles. The average molecular weight is 279 g/mol. The van der Waals surface area contributed by atoms with Crippen molar-refractivity contribution in [2.24, 2.45) is 0 Å². The van der Waals surface area contributed by atoms with Crippen molar-refractivity contribution in [1.82, 2.24) is 0 Å². The Morgan fingerprint density at radius 2 is 1.60 bits per heavy atom. The molecular formula is C13H11BrS. The van der Waals surface area contributed by atoms with Crippen molar-refractivity contribution in [2.45, 2.75) is 4.90 Å². The van der Waals surface area contributed by atoms with Gasteiger partial charge >= 0.3 is 0 Å². The summed E-state index contributed by atoms with van der Waals surface area (Å²) in [6.45, 7) is 0. The fraction of sp³-hybridized carbons (Fsp3) is 0.0769. The molecule has 0 spiro atoms. The number of rotatable bonds is 2. The van der Waals surface area contributed by atoms with Crippen LogP contribution in [0.25, 0.3) is 11.1 Å². The Morgan fingerprint density at radius 1 is 0.933 bits per heavy atom. The van der Waals surface area contributed by atoms with E-state index in [4.69, 9.17) is 0 Å². The quantitative estimate of drug-likeness (QED) is 0.709. The van der Waals surface area contributed by atoms with Gasteiger partial charge in [0, 0.05) is 9.37 Å². The molecule has 2 aromatic rings. The lowest BCUT2D eigenvalue weighted by Crippen LogP contribution is -1.80. The molecule has 2 aromatic carbocycles. The summed E-state index contributed by atoms with van der Waals surface area (Å²) in [4.78, 5) is 1.32. The first-order valence-corrected chi connectivity index (χ1v) is 6.72. The SMILES string of the molecule is CSc1ccccc1-c1ccc(Br)cc1. The molecule has 0 amide bonds. The zero-order valence-electron chi connectivity index (χ0n) is 8.41. The number of thioether (sulfide) groups is 1. The van der Waals surface area contributed by atoms with Crippen molar-refractivity contribution >= 4 is 27.7 Å². The molecule has 2 rings (SSSR count). The third kappa shape index (κ3) is 2.44. The third-order valence-electron chi connectivity index (χ3n) is 2.26. The van der Waals surface area contributed by atoms with Gasteiger partial charge in [0.2, 0.25) is 0 Å². The second-order valence-electron chi connectivity index (χ2n) is 3.21. The molecule has 0 fully saturated rings. The molecule has 0 aliphatic rings. The van der Waals surface area contributed by atoms with Crippen LogP contribution in [-0.4, -0.2) is 6.26 Å². The highest BCUT2D eigenvalue weighted by Crippen LogP contribution is 2.30. The minimum atomic E-state index is 1.12. The van der Waals surface area contributed by atoms with E-state index in [2.05, 4.69) is 70.7 Å². The summed E-state index contributed by atoms with van der Waals surface area (Å²) in [6.07, 6.45) is 2.11. The van der Waals surface area contributed by atoms with Crippen molar-refractivity contribution < 1.29 is 0 Å². The van der Waals surface area contributed by atoms with Gasteiger partial charge in [-0.1, -0.05) is 46.3 Å². The van der Waals surface area contributed by atoms with Crippen molar-refractivity contribution in [3.8, 4) is 11.1 Å². The van der Waals surface area contributed by atoms with Gasteiger partial charge in [-0.05, 0) is 35.6 Å². The van der Waals surface area contributed by atoms with Crippen LogP contribution in [0.2, 0.25) is 0 Å². The predicted octanol–water partition coefficient (Wildman–Crippen LogP) is 4.84. The molecule has 0 aliphatic carbocycles. The van der Waals surface area contributed by atoms with Crippen molar-refractivity contribution in [3.05, 3.63) is 53.0 Å². The van der Waals surface area contributed by atoms with E-state index in [1.165, 1.54) is 16.0 Å². The highest BCUT2D eigenvalue weighted by atomic mass is 79.9. The van der Waals surface area contributed by atoms with E-state index in [9.17, 15) is 0 Å². The van der Waals surface area contributed by atoms with Crippen molar-refractivity contribution in [3.63, 3.8) is 0 Å². The van der Waals surface area contributed by atoms with Crippen LogP contribution in [-0.2, 0) is 0 Å². The maximum absolute atomic E-state index is 3.45. The molecule has 0 atom stereocenters. The molecule has 0 N–H and O–H groups in total. The Hall–Kier alpha value is -0.730. The molecule has 0 aromatic heterocycles. The van der Waals surface area contributed by atoms with Crippen LogP contribution in [0.15, 0.2) is 57.9 Å². The van der Waals surface area contributed by atoms with Crippen molar-refractivity contribution in [1.29, 1.82) is 0 Å². The number of hydrogen-bond donors (Lipinski definition) is 0. The van der Waals surface area contributed by atoms with E-state index in [0.717, 1.165) is 4.47 Å². The molecular weight excluding hydrogens is 268 g/mol. The first-order chi connectivity index (χ1) is 7.31. The zero-order valence-corrected chi connectivity index (χ0v) is 10.8. The van der Waals surface area contributed by atoms with Gasteiger partial charge in [-0.2, -0.15) is 0 Å². The van der Waals surface area contributed by atoms with Gasteiger partial charge in [0.1, 0.15) is 0 Å². The first-order valence-electron chi connectivity index (χ1n) is 4.70. The molecule has 0 bridgehead atoms. The topological polar surface area (TPSA) is 0 Å². The standard InChI is InChI=1S/C13H11BrS/c1-15-13-5-3-2-4-12(13)10-6-8-11(14)9-7-10/h2-9H,1H3. The predicted molar refractivity (Wildman–Crippen MR) is 71.4 cm³/mol. The van der Waals surface area contributed by atoms with Crippen LogP contribution in [0, 0.1) is 0 Å². The lowest BCUT2D eigenvalue weighted by molar-refractivity contribution is 1.44. The second kappa shape index (κ2) is 4.86. The van der Waals surface area contributed by atoms with E-state index in [1.807, 2.05) is 0 Å². The smallest absolute Gasteiger partial charge is 0.0175 e. The van der Waals surface area contributed by atoms with Crippen LogP contribution in [0.4, 0.5) is 0 Å². The molecule has 0 saturated carbocycles. The molecule has 0 saturated heterocycles. The second-order valence-corrected chi connectivity index (χ2v) is 4.97. The summed E-state index contributed by atoms with van der Waals surface area (Å²) < 4.78 is 1.12. The molecule has 0 radical (unpaired) electrons. The largest absolute Gasteiger partial charge is 0.129 e. The fourth-order valence-corrected chi connectivity index (χ4v) is 2.40. The zero-order chi connectivity index (χ0) is 10.7. The number of hydrogen-bond acceptors (Lipinski definition) is 1. The summed E-state index contributed by atoms with van der Waals surface area (Å²) in [5.74, 6) is 0. The summed E-state index contributed by atoms with van der Waals surface area (Å²) in [6, 6.07) is 16.9. The van der Waals surface area contributed by atoms with Crippen LogP contribution < -0.4 is 0 Å². The maximum Gasteiger partial charge on any atom is 0.0175 e. The van der Waals surface area contributed by atoms with Gasteiger partial charge in [0.05, 0.1) is 0 Å². The Labute approximate surface area is 103 Å². The molecule has 0 heterocycles. The van der Waals surface area contributed by atoms with E-state index in [-0.39, 0.29) is 0 Å². The van der Waals surface area contributed by atoms with E-state index >= 15 is 0 Å². The first kappa shape index (κ1) is 10.8. The van der Waals surface area contributed by atoms with E-state index < -0.39 is 0 Å². The van der Waals surface area contributed by atoms with Gasteiger partial charge in [0.25, 0.3) is 0 Å². The summed E-state index contributed by atoms with van der Waals surface area (Å²) >= 11 is 5.23. The van der Waals surface area contributed by atoms with Crippen LogP contribution in [0.5, 0.6) is 0 Å². The normalized spacial score (nSPS) is 10.3. The number of benzene rings is 2. The van der Waals surface area contributed by atoms with E-state index in [0.29, 0.717) is 0 Å². The number of halogens is 1. The highest BCUT2D eigenvalue weighted by Gasteiger charge is 2.02. The monoisotopic (exact) mass is 278 g/mol. The fourth-order valence-electron chi connectivity index (χ4n) is 1.51. The third-order valence-corrected chi connectivity index (χ3v) is 3.59. The lowest BCUT2D eigenvalue weighted by atomic mass is 10.1. The van der Waals surface area contributed by atoms with Gasteiger partial charge in [0.15, 0.2) is 0 Å². The van der Waals surface area contributed by atoms with Gasteiger partial charge in [-0.3, -0.25) is 0 Å². The lowest BCUT2D eigenvalue weighted by Gasteiger charge is -2.06. The molecule has 15 heavy (non-hydrogen) atoms. The Bertz CT molecular complexity index is 448. The highest BCUT2D eigenvalue weighted by molar-refractivity contribution is 9.10. The van der Waals surface area contributed by atoms with E-state index in [1.54, 1.807) is 11.8 Å². The van der Waals surface area contributed by atoms with Crippen LogP contribution >= 0.6 is 27.7 Å². The summed E-state index contributed by atoms with van der Waals surface area (Å²) in [7, 11) is 0. The summed E-state index contributed by atoms with van der Waals surface area (Å²) in [5.41, 5.74) is 2.57. The minimum absolute atomic E-state index is 1.12. The Kier molecular flexibility index (Phi) is 3.49. The minimum Gasteiger partial charge on any atom is -0.129 e. The summed E-state index contributed by atoms with van der Waals surface area (Å²) in [5, 5.41) is 0. The Morgan fingerprint density at radius 3 is 2.27 bits per heavy atom. The van der Waals surface area contributed by atoms with Gasteiger partial charge < -0.3 is 0 Å². The molecule has 0 nitrogen and oxygen atoms in total.